The van der Waals surface area contributed by atoms with Crippen molar-refractivity contribution in [1.82, 2.24) is 10.3 Å². The second-order valence-electron chi connectivity index (χ2n) is 5.24. The van der Waals surface area contributed by atoms with Gasteiger partial charge in [0.05, 0.1) is 6.04 Å². The molecule has 1 aromatic carbocycles. The van der Waals surface area contributed by atoms with E-state index in [0.29, 0.717) is 5.56 Å². The zero-order valence-corrected chi connectivity index (χ0v) is 14.2. The van der Waals surface area contributed by atoms with Gasteiger partial charge in [0.25, 0.3) is 0 Å². The molecule has 1 atom stereocenters. The summed E-state index contributed by atoms with van der Waals surface area (Å²) >= 11 is 3.43. The van der Waals surface area contributed by atoms with Crippen LogP contribution in [-0.4, -0.2) is 11.5 Å². The summed E-state index contributed by atoms with van der Waals surface area (Å²) in [6.45, 7) is 6.86. The number of hydrogen-bond donors (Lipinski definition) is 1. The molecule has 0 aliphatic carbocycles. The van der Waals surface area contributed by atoms with Crippen molar-refractivity contribution < 1.29 is 4.39 Å². The van der Waals surface area contributed by atoms with E-state index in [-0.39, 0.29) is 11.9 Å². The summed E-state index contributed by atoms with van der Waals surface area (Å²) in [6, 6.07) is 8.93. The number of pyridine rings is 1. The quantitative estimate of drug-likeness (QED) is 0.845. The van der Waals surface area contributed by atoms with Crippen LogP contribution in [0.25, 0.3) is 0 Å². The molecule has 0 saturated heterocycles. The SMILES string of the molecule is CCCNC(c1cc(C)nc(C)c1)c1cc(Br)ccc1F. The molecule has 21 heavy (non-hydrogen) atoms. The molecule has 1 N–H and O–H groups in total. The second-order valence-corrected chi connectivity index (χ2v) is 6.15. The van der Waals surface area contributed by atoms with Crippen molar-refractivity contribution in [3.63, 3.8) is 0 Å². The molecular weight excluding hydrogens is 331 g/mol. The molecule has 0 aliphatic rings. The second kappa shape index (κ2) is 7.14. The van der Waals surface area contributed by atoms with Gasteiger partial charge in [-0.3, -0.25) is 4.98 Å². The van der Waals surface area contributed by atoms with E-state index >= 15 is 0 Å². The maximum Gasteiger partial charge on any atom is 0.128 e. The highest BCUT2D eigenvalue weighted by Crippen LogP contribution is 2.28. The third-order valence-electron chi connectivity index (χ3n) is 3.30. The van der Waals surface area contributed by atoms with E-state index < -0.39 is 0 Å². The summed E-state index contributed by atoms with van der Waals surface area (Å²) in [6.07, 6.45) is 0.995. The first-order chi connectivity index (χ1) is 10.0. The van der Waals surface area contributed by atoms with Crippen molar-refractivity contribution in [3.8, 4) is 0 Å². The normalized spacial score (nSPS) is 12.4. The fourth-order valence-corrected chi connectivity index (χ4v) is 2.84. The predicted molar refractivity (Wildman–Crippen MR) is 87.9 cm³/mol. The molecule has 0 bridgehead atoms. The molecule has 1 heterocycles. The number of hydrogen-bond acceptors (Lipinski definition) is 2. The summed E-state index contributed by atoms with van der Waals surface area (Å²) in [5.41, 5.74) is 3.60. The van der Waals surface area contributed by atoms with E-state index in [4.69, 9.17) is 0 Å². The van der Waals surface area contributed by atoms with Gasteiger partial charge in [0, 0.05) is 21.4 Å². The Morgan fingerprint density at radius 3 is 2.48 bits per heavy atom. The average Bonchev–Trinajstić information content (AvgIpc) is 2.42. The lowest BCUT2D eigenvalue weighted by Gasteiger charge is -2.21. The van der Waals surface area contributed by atoms with Crippen LogP contribution in [0.15, 0.2) is 34.8 Å². The molecule has 1 unspecified atom stereocenters. The molecule has 4 heteroatoms. The highest BCUT2D eigenvalue weighted by atomic mass is 79.9. The summed E-state index contributed by atoms with van der Waals surface area (Å²) in [5.74, 6) is -0.195. The number of benzene rings is 1. The number of nitrogens with zero attached hydrogens (tertiary/aromatic N) is 1. The molecule has 1 aromatic heterocycles. The highest BCUT2D eigenvalue weighted by molar-refractivity contribution is 9.10. The van der Waals surface area contributed by atoms with Crippen LogP contribution < -0.4 is 5.32 Å². The van der Waals surface area contributed by atoms with Gasteiger partial charge in [0.15, 0.2) is 0 Å². The van der Waals surface area contributed by atoms with E-state index in [0.717, 1.165) is 34.4 Å². The molecule has 2 rings (SSSR count). The van der Waals surface area contributed by atoms with Gasteiger partial charge in [0.2, 0.25) is 0 Å². The van der Waals surface area contributed by atoms with Gasteiger partial charge >= 0.3 is 0 Å². The maximum absolute atomic E-state index is 14.3. The third kappa shape index (κ3) is 4.11. The molecular formula is C17H20BrFN2. The molecule has 0 radical (unpaired) electrons. The van der Waals surface area contributed by atoms with Crippen LogP contribution in [0.2, 0.25) is 0 Å². The fourth-order valence-electron chi connectivity index (χ4n) is 2.47. The van der Waals surface area contributed by atoms with E-state index in [2.05, 4.69) is 33.2 Å². The van der Waals surface area contributed by atoms with E-state index in [1.807, 2.05) is 32.0 Å². The minimum atomic E-state index is -0.195. The third-order valence-corrected chi connectivity index (χ3v) is 3.80. The van der Waals surface area contributed by atoms with Crippen LogP contribution >= 0.6 is 15.9 Å². The van der Waals surface area contributed by atoms with Crippen molar-refractivity contribution in [1.29, 1.82) is 0 Å². The lowest BCUT2D eigenvalue weighted by molar-refractivity contribution is 0.545. The first-order valence-corrected chi connectivity index (χ1v) is 7.94. The largest absolute Gasteiger partial charge is 0.306 e. The number of aryl methyl sites for hydroxylation is 2. The Balaban J connectivity index is 2.49. The topological polar surface area (TPSA) is 24.9 Å². The van der Waals surface area contributed by atoms with Crippen molar-refractivity contribution in [2.45, 2.75) is 33.2 Å². The zero-order valence-electron chi connectivity index (χ0n) is 12.6. The van der Waals surface area contributed by atoms with Gasteiger partial charge in [-0.2, -0.15) is 0 Å². The van der Waals surface area contributed by atoms with Crippen molar-refractivity contribution >= 4 is 15.9 Å². The highest BCUT2D eigenvalue weighted by Gasteiger charge is 2.18. The van der Waals surface area contributed by atoms with E-state index in [1.54, 1.807) is 6.07 Å². The first kappa shape index (κ1) is 16.1. The minimum Gasteiger partial charge on any atom is -0.306 e. The average molecular weight is 351 g/mol. The zero-order chi connectivity index (χ0) is 15.4. The number of rotatable bonds is 5. The summed E-state index contributed by atoms with van der Waals surface area (Å²) in [7, 11) is 0. The van der Waals surface area contributed by atoms with Gasteiger partial charge in [-0.15, -0.1) is 0 Å². The summed E-state index contributed by atoms with van der Waals surface area (Å²) in [5, 5.41) is 3.44. The lowest BCUT2D eigenvalue weighted by Crippen LogP contribution is -2.24. The van der Waals surface area contributed by atoms with Crippen molar-refractivity contribution in [2.24, 2.45) is 0 Å². The molecule has 112 valence electrons. The van der Waals surface area contributed by atoms with Crippen LogP contribution in [0.1, 0.15) is 41.9 Å². The number of nitrogens with one attached hydrogen (secondary N) is 1. The van der Waals surface area contributed by atoms with Gasteiger partial charge < -0.3 is 5.32 Å². The Hall–Kier alpha value is -1.26. The molecule has 0 fully saturated rings. The van der Waals surface area contributed by atoms with Crippen molar-refractivity contribution in [3.05, 3.63) is 63.1 Å². The molecule has 0 aliphatic heterocycles. The summed E-state index contributed by atoms with van der Waals surface area (Å²) < 4.78 is 15.1. The Bertz CT molecular complexity index is 608. The van der Waals surface area contributed by atoms with Crippen LogP contribution in [0, 0.1) is 19.7 Å². The number of halogens is 2. The smallest absolute Gasteiger partial charge is 0.128 e. The van der Waals surface area contributed by atoms with E-state index in [1.165, 1.54) is 6.07 Å². The summed E-state index contributed by atoms with van der Waals surface area (Å²) in [4.78, 5) is 4.40. The molecule has 0 spiro atoms. The monoisotopic (exact) mass is 350 g/mol. The molecule has 0 saturated carbocycles. The molecule has 2 nitrogen and oxygen atoms in total. The van der Waals surface area contributed by atoms with Gasteiger partial charge in [0.1, 0.15) is 5.82 Å². The maximum atomic E-state index is 14.3. The first-order valence-electron chi connectivity index (χ1n) is 7.14. The van der Waals surface area contributed by atoms with Crippen LogP contribution in [0.4, 0.5) is 4.39 Å². The standard InChI is InChI=1S/C17H20BrFN2/c1-4-7-20-17(13-8-11(2)21-12(3)9-13)15-10-14(18)5-6-16(15)19/h5-6,8-10,17,20H,4,7H2,1-3H3. The van der Waals surface area contributed by atoms with Crippen LogP contribution in [0.5, 0.6) is 0 Å². The Labute approximate surface area is 133 Å². The van der Waals surface area contributed by atoms with E-state index in [9.17, 15) is 4.39 Å². The van der Waals surface area contributed by atoms with Gasteiger partial charge in [-0.05, 0) is 62.7 Å². The lowest BCUT2D eigenvalue weighted by atomic mass is 9.97. The van der Waals surface area contributed by atoms with Gasteiger partial charge in [-0.25, -0.2) is 4.39 Å². The van der Waals surface area contributed by atoms with Gasteiger partial charge in [-0.1, -0.05) is 22.9 Å². The fraction of sp³-hybridized carbons (Fsp3) is 0.353. The Kier molecular flexibility index (Phi) is 5.48. The van der Waals surface area contributed by atoms with Crippen molar-refractivity contribution in [2.75, 3.05) is 6.54 Å². The Morgan fingerprint density at radius 1 is 1.19 bits per heavy atom. The van der Waals surface area contributed by atoms with Crippen LogP contribution in [-0.2, 0) is 0 Å². The predicted octanol–water partition coefficient (Wildman–Crippen LogP) is 4.69. The Morgan fingerprint density at radius 2 is 1.86 bits per heavy atom. The molecule has 2 aromatic rings. The minimum absolute atomic E-state index is 0.164. The molecule has 0 amide bonds. The number of aromatic nitrogens is 1. The van der Waals surface area contributed by atoms with Crippen LogP contribution in [0.3, 0.4) is 0 Å².